The van der Waals surface area contributed by atoms with Crippen molar-refractivity contribution in [1.29, 1.82) is 0 Å². The van der Waals surface area contributed by atoms with Crippen LogP contribution in [0, 0.1) is 16.0 Å². The van der Waals surface area contributed by atoms with Gasteiger partial charge in [0.05, 0.1) is 24.2 Å². The lowest BCUT2D eigenvalue weighted by Gasteiger charge is -2.43. The number of nitro benzene ring substituents is 1. The van der Waals surface area contributed by atoms with Gasteiger partial charge in [-0.25, -0.2) is 0 Å². The van der Waals surface area contributed by atoms with Gasteiger partial charge in [0.1, 0.15) is 0 Å². The van der Waals surface area contributed by atoms with Gasteiger partial charge in [0, 0.05) is 31.3 Å². The van der Waals surface area contributed by atoms with Gasteiger partial charge in [0.2, 0.25) is 5.91 Å². The first-order chi connectivity index (χ1) is 15.0. The fourth-order valence-electron chi connectivity index (χ4n) is 4.85. The van der Waals surface area contributed by atoms with Crippen molar-refractivity contribution in [2.24, 2.45) is 5.92 Å². The monoisotopic (exact) mass is 432 g/mol. The maximum atomic E-state index is 13.7. The van der Waals surface area contributed by atoms with Crippen molar-refractivity contribution >= 4 is 11.6 Å². The van der Waals surface area contributed by atoms with Crippen LogP contribution in [0.3, 0.4) is 0 Å². The Labute approximate surface area is 185 Å². The van der Waals surface area contributed by atoms with Crippen molar-refractivity contribution in [3.63, 3.8) is 0 Å². The molecule has 1 aromatic carbocycles. The number of hydrogen-bond donors (Lipinski definition) is 1. The molecule has 2 atom stereocenters. The Morgan fingerprint density at radius 2 is 1.90 bits per heavy atom. The van der Waals surface area contributed by atoms with Crippen LogP contribution in [-0.4, -0.2) is 78.7 Å². The van der Waals surface area contributed by atoms with Gasteiger partial charge in [-0.3, -0.25) is 19.8 Å². The SMILES string of the molecule is CCCN(C(C)Cc1ccc([N+](=O)[O-])cc1)C(C(=O)N1CCOCC1)C1CCNCC1. The van der Waals surface area contributed by atoms with Crippen LogP contribution >= 0.6 is 0 Å². The number of rotatable bonds is 9. The van der Waals surface area contributed by atoms with E-state index in [4.69, 9.17) is 4.74 Å². The van der Waals surface area contributed by atoms with E-state index in [1.165, 1.54) is 0 Å². The Balaban J connectivity index is 1.80. The summed E-state index contributed by atoms with van der Waals surface area (Å²) >= 11 is 0. The minimum atomic E-state index is -0.370. The number of hydrogen-bond acceptors (Lipinski definition) is 6. The van der Waals surface area contributed by atoms with Crippen LogP contribution < -0.4 is 5.32 Å². The molecular formula is C23H36N4O4. The van der Waals surface area contributed by atoms with Gasteiger partial charge >= 0.3 is 0 Å². The molecule has 2 aliphatic rings. The largest absolute Gasteiger partial charge is 0.378 e. The number of benzene rings is 1. The molecule has 1 N–H and O–H groups in total. The molecule has 2 aliphatic heterocycles. The number of nitro groups is 1. The zero-order valence-corrected chi connectivity index (χ0v) is 18.8. The molecule has 8 nitrogen and oxygen atoms in total. The summed E-state index contributed by atoms with van der Waals surface area (Å²) in [6.07, 6.45) is 3.74. The quantitative estimate of drug-likeness (QED) is 0.476. The molecule has 31 heavy (non-hydrogen) atoms. The van der Waals surface area contributed by atoms with E-state index in [1.807, 2.05) is 17.0 Å². The first-order valence-corrected chi connectivity index (χ1v) is 11.6. The molecular weight excluding hydrogens is 396 g/mol. The van der Waals surface area contributed by atoms with E-state index in [0.717, 1.165) is 50.9 Å². The van der Waals surface area contributed by atoms with Crippen LogP contribution in [0.5, 0.6) is 0 Å². The van der Waals surface area contributed by atoms with Crippen LogP contribution in [0.15, 0.2) is 24.3 Å². The lowest BCUT2D eigenvalue weighted by atomic mass is 9.86. The lowest BCUT2D eigenvalue weighted by Crippen LogP contribution is -2.58. The van der Waals surface area contributed by atoms with E-state index in [-0.39, 0.29) is 28.6 Å². The van der Waals surface area contributed by atoms with E-state index >= 15 is 0 Å². The molecule has 2 heterocycles. The smallest absolute Gasteiger partial charge is 0.269 e. The minimum Gasteiger partial charge on any atom is -0.378 e. The third-order valence-corrected chi connectivity index (χ3v) is 6.49. The maximum Gasteiger partial charge on any atom is 0.269 e. The van der Waals surface area contributed by atoms with Gasteiger partial charge in [-0.15, -0.1) is 0 Å². The Hall–Kier alpha value is -2.03. The van der Waals surface area contributed by atoms with E-state index in [0.29, 0.717) is 32.2 Å². The minimum absolute atomic E-state index is 0.108. The number of amides is 1. The van der Waals surface area contributed by atoms with Gasteiger partial charge in [0.25, 0.3) is 5.69 Å². The van der Waals surface area contributed by atoms with Gasteiger partial charge < -0.3 is 15.0 Å². The number of nitrogens with zero attached hydrogens (tertiary/aromatic N) is 3. The number of carbonyl (C=O) groups excluding carboxylic acids is 1. The van der Waals surface area contributed by atoms with E-state index in [9.17, 15) is 14.9 Å². The number of non-ortho nitro benzene ring substituents is 1. The predicted octanol–water partition coefficient (Wildman–Crippen LogP) is 2.46. The molecule has 3 rings (SSSR count). The second kappa shape index (κ2) is 11.5. The van der Waals surface area contributed by atoms with Crippen molar-refractivity contribution in [2.45, 2.75) is 51.6 Å². The topological polar surface area (TPSA) is 88.0 Å². The maximum absolute atomic E-state index is 13.7. The number of nitrogens with one attached hydrogen (secondary N) is 1. The fourth-order valence-corrected chi connectivity index (χ4v) is 4.85. The summed E-state index contributed by atoms with van der Waals surface area (Å²) in [7, 11) is 0. The molecule has 1 aromatic rings. The number of piperidine rings is 1. The average molecular weight is 433 g/mol. The first kappa shape index (κ1) is 23.6. The molecule has 0 aromatic heterocycles. The molecule has 0 saturated carbocycles. The zero-order valence-electron chi connectivity index (χ0n) is 18.8. The molecule has 0 radical (unpaired) electrons. The van der Waals surface area contributed by atoms with Gasteiger partial charge in [0.15, 0.2) is 0 Å². The van der Waals surface area contributed by atoms with Crippen molar-refractivity contribution in [3.8, 4) is 0 Å². The highest BCUT2D eigenvalue weighted by Crippen LogP contribution is 2.27. The first-order valence-electron chi connectivity index (χ1n) is 11.6. The van der Waals surface area contributed by atoms with E-state index in [2.05, 4.69) is 24.1 Å². The Kier molecular flexibility index (Phi) is 8.80. The molecule has 2 fully saturated rings. The molecule has 2 unspecified atom stereocenters. The van der Waals surface area contributed by atoms with E-state index in [1.54, 1.807) is 12.1 Å². The molecule has 172 valence electrons. The Morgan fingerprint density at radius 1 is 1.26 bits per heavy atom. The zero-order chi connectivity index (χ0) is 22.2. The van der Waals surface area contributed by atoms with Crippen molar-refractivity contribution in [1.82, 2.24) is 15.1 Å². The van der Waals surface area contributed by atoms with Crippen LogP contribution in [0.2, 0.25) is 0 Å². The second-order valence-electron chi connectivity index (χ2n) is 8.68. The van der Waals surface area contributed by atoms with Crippen molar-refractivity contribution < 1.29 is 14.5 Å². The molecule has 0 bridgehead atoms. The summed E-state index contributed by atoms with van der Waals surface area (Å²) in [5.41, 5.74) is 1.17. The standard InChI is InChI=1S/C23H36N4O4/c1-3-12-26(18(2)17-19-4-6-21(7-5-19)27(29)30)22(20-8-10-24-11-9-20)23(28)25-13-15-31-16-14-25/h4-7,18,20,22,24H,3,8-17H2,1-2H3. The van der Waals surface area contributed by atoms with Gasteiger partial charge in [-0.1, -0.05) is 19.1 Å². The fraction of sp³-hybridized carbons (Fsp3) is 0.696. The van der Waals surface area contributed by atoms with Crippen LogP contribution in [-0.2, 0) is 16.0 Å². The van der Waals surface area contributed by atoms with Gasteiger partial charge in [-0.2, -0.15) is 0 Å². The molecule has 8 heteroatoms. The summed E-state index contributed by atoms with van der Waals surface area (Å²) in [5.74, 6) is 0.571. The number of morpholine rings is 1. The highest BCUT2D eigenvalue weighted by atomic mass is 16.6. The second-order valence-corrected chi connectivity index (χ2v) is 8.68. The van der Waals surface area contributed by atoms with Crippen LogP contribution in [0.1, 0.15) is 38.7 Å². The lowest BCUT2D eigenvalue weighted by molar-refractivity contribution is -0.384. The van der Waals surface area contributed by atoms with Gasteiger partial charge in [-0.05, 0) is 63.7 Å². The summed E-state index contributed by atoms with van der Waals surface area (Å²) in [5, 5.41) is 14.4. The molecule has 0 aliphatic carbocycles. The van der Waals surface area contributed by atoms with Crippen LogP contribution in [0.25, 0.3) is 0 Å². The molecule has 1 amide bonds. The third-order valence-electron chi connectivity index (χ3n) is 6.49. The summed E-state index contributed by atoms with van der Waals surface area (Å²) in [6, 6.07) is 6.83. The predicted molar refractivity (Wildman–Crippen MR) is 120 cm³/mol. The molecule has 0 spiro atoms. The van der Waals surface area contributed by atoms with E-state index < -0.39 is 0 Å². The highest BCUT2D eigenvalue weighted by Gasteiger charge is 2.38. The third kappa shape index (κ3) is 6.24. The average Bonchev–Trinajstić information content (AvgIpc) is 2.80. The molecule has 2 saturated heterocycles. The summed E-state index contributed by atoms with van der Waals surface area (Å²) in [4.78, 5) is 28.7. The van der Waals surface area contributed by atoms with Crippen molar-refractivity contribution in [2.75, 3.05) is 45.9 Å². The Bertz CT molecular complexity index is 715. The summed E-state index contributed by atoms with van der Waals surface area (Å²) in [6.45, 7) is 9.64. The highest BCUT2D eigenvalue weighted by molar-refractivity contribution is 5.82. The number of ether oxygens (including phenoxy) is 1. The van der Waals surface area contributed by atoms with Crippen molar-refractivity contribution in [3.05, 3.63) is 39.9 Å². The number of carbonyl (C=O) groups is 1. The van der Waals surface area contributed by atoms with Crippen LogP contribution in [0.4, 0.5) is 5.69 Å². The summed E-state index contributed by atoms with van der Waals surface area (Å²) < 4.78 is 5.47. The normalized spacial score (nSPS) is 19.9. The Morgan fingerprint density at radius 3 is 2.48 bits per heavy atom.